The van der Waals surface area contributed by atoms with Crippen molar-refractivity contribution in [2.75, 3.05) is 25.2 Å². The van der Waals surface area contributed by atoms with Crippen LogP contribution < -0.4 is 16.4 Å². The van der Waals surface area contributed by atoms with Crippen LogP contribution in [0.25, 0.3) is 0 Å². The zero-order valence-corrected chi connectivity index (χ0v) is 18.0. The lowest BCUT2D eigenvalue weighted by atomic mass is 10.1. The molecule has 0 spiro atoms. The highest BCUT2D eigenvalue weighted by atomic mass is 32.2. The summed E-state index contributed by atoms with van der Waals surface area (Å²) < 4.78 is 5.58. The Morgan fingerprint density at radius 3 is 2.77 bits per heavy atom. The quantitative estimate of drug-likeness (QED) is 0.250. The van der Waals surface area contributed by atoms with E-state index in [4.69, 9.17) is 10.5 Å². The normalized spacial score (nSPS) is 22.5. The lowest BCUT2D eigenvalue weighted by molar-refractivity contribution is -0.141. The predicted octanol–water partition coefficient (Wildman–Crippen LogP) is -0.175. The van der Waals surface area contributed by atoms with Crippen LogP contribution >= 0.6 is 23.1 Å². The molecule has 6 N–H and O–H groups in total. The Morgan fingerprint density at radius 1 is 1.45 bits per heavy atom. The van der Waals surface area contributed by atoms with Crippen molar-refractivity contribution in [1.82, 2.24) is 15.6 Å². The summed E-state index contributed by atoms with van der Waals surface area (Å²) in [4.78, 5) is 45.1. The zero-order chi connectivity index (χ0) is 22.5. The number of hydrogen-bond acceptors (Lipinski definition) is 11. The standard InChI is InChI=1S/C17H21N5O7S2/c1-28-22-11(8-6-31-17(18)19-8)13(23)20-12(16(26)27)14-21-10(15(24)25)7(5-30-14)9-3-2-4-29-9/h6,9,12,14,21H,2-5H2,1H3,(H2,18,19)(H,20,23)(H,24,25)(H,26,27)/b22-11-/t9-,12-,14+/m0/s1. The second-order valence-corrected chi connectivity index (χ2v) is 8.59. The van der Waals surface area contributed by atoms with Crippen molar-refractivity contribution in [2.45, 2.75) is 30.4 Å². The second kappa shape index (κ2) is 9.98. The van der Waals surface area contributed by atoms with Crippen LogP contribution in [0.1, 0.15) is 18.5 Å². The number of nitrogens with one attached hydrogen (secondary N) is 2. The second-order valence-electron chi connectivity index (χ2n) is 6.57. The van der Waals surface area contributed by atoms with E-state index in [1.165, 1.54) is 24.3 Å². The summed E-state index contributed by atoms with van der Waals surface area (Å²) in [5.74, 6) is -3.16. The third-order valence-electron chi connectivity index (χ3n) is 4.58. The van der Waals surface area contributed by atoms with Crippen LogP contribution in [0, 0.1) is 0 Å². The van der Waals surface area contributed by atoms with Gasteiger partial charge in [-0.3, -0.25) is 4.79 Å². The smallest absolute Gasteiger partial charge is 0.352 e. The largest absolute Gasteiger partial charge is 0.480 e. The minimum Gasteiger partial charge on any atom is -0.480 e. The van der Waals surface area contributed by atoms with Crippen molar-refractivity contribution < 1.29 is 34.2 Å². The van der Waals surface area contributed by atoms with Gasteiger partial charge in [0.05, 0.1) is 6.10 Å². The van der Waals surface area contributed by atoms with E-state index in [-0.39, 0.29) is 34.1 Å². The molecule has 2 aliphatic rings. The molecule has 0 bridgehead atoms. The number of aromatic nitrogens is 1. The molecular weight excluding hydrogens is 450 g/mol. The first-order chi connectivity index (χ1) is 14.8. The highest BCUT2D eigenvalue weighted by Crippen LogP contribution is 2.31. The summed E-state index contributed by atoms with van der Waals surface area (Å²) in [5, 5.41) is 28.8. The van der Waals surface area contributed by atoms with Crippen molar-refractivity contribution in [1.29, 1.82) is 0 Å². The van der Waals surface area contributed by atoms with Gasteiger partial charge in [-0.2, -0.15) is 0 Å². The van der Waals surface area contributed by atoms with Gasteiger partial charge in [-0.05, 0) is 18.4 Å². The fourth-order valence-electron chi connectivity index (χ4n) is 3.18. The molecule has 12 nitrogen and oxygen atoms in total. The summed E-state index contributed by atoms with van der Waals surface area (Å²) >= 11 is 2.25. The number of carbonyl (C=O) groups excluding carboxylic acids is 1. The number of nitrogens with zero attached hydrogens (tertiary/aromatic N) is 2. The summed E-state index contributed by atoms with van der Waals surface area (Å²) in [5.41, 5.74) is 5.93. The first-order valence-electron chi connectivity index (χ1n) is 9.14. The van der Waals surface area contributed by atoms with Crippen LogP contribution in [0.2, 0.25) is 0 Å². The Balaban J connectivity index is 1.80. The molecule has 3 rings (SSSR count). The van der Waals surface area contributed by atoms with Gasteiger partial charge in [-0.1, -0.05) is 5.16 Å². The molecule has 3 heterocycles. The minimum atomic E-state index is -1.46. The van der Waals surface area contributed by atoms with E-state index in [9.17, 15) is 24.6 Å². The van der Waals surface area contributed by atoms with Crippen LogP contribution in [-0.2, 0) is 24.0 Å². The Hall–Kier alpha value is -2.84. The van der Waals surface area contributed by atoms with E-state index in [2.05, 4.69) is 25.6 Å². The molecule has 1 aromatic rings. The van der Waals surface area contributed by atoms with Gasteiger partial charge in [0.25, 0.3) is 5.91 Å². The monoisotopic (exact) mass is 471 g/mol. The van der Waals surface area contributed by atoms with Gasteiger partial charge in [-0.25, -0.2) is 14.6 Å². The number of carboxylic acid groups (broad SMARTS) is 2. The highest BCUT2D eigenvalue weighted by molar-refractivity contribution is 8.00. The van der Waals surface area contributed by atoms with Crippen molar-refractivity contribution in [3.05, 3.63) is 22.3 Å². The third kappa shape index (κ3) is 5.26. The van der Waals surface area contributed by atoms with E-state index >= 15 is 0 Å². The van der Waals surface area contributed by atoms with Gasteiger partial charge < -0.3 is 36.2 Å². The van der Waals surface area contributed by atoms with Crippen LogP contribution in [-0.4, -0.2) is 75.7 Å². The average molecular weight is 472 g/mol. The molecule has 168 valence electrons. The number of thiazole rings is 1. The third-order valence-corrected chi connectivity index (χ3v) is 6.48. The lowest BCUT2D eigenvalue weighted by Gasteiger charge is -2.32. The fourth-order valence-corrected chi connectivity index (χ4v) is 5.00. The number of amides is 1. The Morgan fingerprint density at radius 2 is 2.23 bits per heavy atom. The molecule has 1 saturated heterocycles. The number of nitrogens with two attached hydrogens (primary N) is 1. The maximum absolute atomic E-state index is 12.7. The molecule has 0 aromatic carbocycles. The number of carboxylic acids is 2. The van der Waals surface area contributed by atoms with Crippen molar-refractivity contribution >= 4 is 51.8 Å². The summed E-state index contributed by atoms with van der Waals surface area (Å²) in [6, 6.07) is -1.46. The van der Waals surface area contributed by atoms with Crippen LogP contribution in [0.5, 0.6) is 0 Å². The van der Waals surface area contributed by atoms with Gasteiger partial charge in [0.1, 0.15) is 23.9 Å². The Kier molecular flexibility index (Phi) is 7.35. The Bertz CT molecular complexity index is 926. The van der Waals surface area contributed by atoms with E-state index in [0.29, 0.717) is 18.6 Å². The lowest BCUT2D eigenvalue weighted by Crippen LogP contribution is -2.56. The number of aliphatic carboxylic acids is 2. The van der Waals surface area contributed by atoms with Crippen molar-refractivity contribution in [2.24, 2.45) is 5.16 Å². The molecule has 1 fully saturated rings. The summed E-state index contributed by atoms with van der Waals surface area (Å²) in [6.45, 7) is 0.547. The summed E-state index contributed by atoms with van der Waals surface area (Å²) in [7, 11) is 1.23. The van der Waals surface area contributed by atoms with Gasteiger partial charge >= 0.3 is 11.9 Å². The number of nitrogen functional groups attached to an aromatic ring is 1. The Labute approximate surface area is 184 Å². The van der Waals surface area contributed by atoms with Crippen molar-refractivity contribution in [3.63, 3.8) is 0 Å². The van der Waals surface area contributed by atoms with Crippen LogP contribution in [0.15, 0.2) is 21.8 Å². The number of thioether (sulfide) groups is 1. The van der Waals surface area contributed by atoms with Crippen molar-refractivity contribution in [3.8, 4) is 0 Å². The maximum atomic E-state index is 12.7. The van der Waals surface area contributed by atoms with E-state index in [1.807, 2.05) is 0 Å². The van der Waals surface area contributed by atoms with Gasteiger partial charge in [0, 0.05) is 17.7 Å². The van der Waals surface area contributed by atoms with Gasteiger partial charge in [0.2, 0.25) is 0 Å². The molecule has 0 radical (unpaired) electrons. The molecule has 3 atom stereocenters. The molecule has 2 aliphatic heterocycles. The fraction of sp³-hybridized carbons (Fsp3) is 0.471. The van der Waals surface area contributed by atoms with Gasteiger partial charge in [-0.15, -0.1) is 23.1 Å². The number of carbonyl (C=O) groups is 3. The van der Waals surface area contributed by atoms with E-state index in [0.717, 1.165) is 17.8 Å². The SMILES string of the molecule is CO/N=C(\C(=O)N[C@H](C(=O)O)[C@@H]1NC(C(=O)O)=C([C@@H]2CCCO2)CS1)c1csc(N)n1. The molecule has 14 heteroatoms. The number of oxime groups is 1. The molecule has 31 heavy (non-hydrogen) atoms. The first-order valence-corrected chi connectivity index (χ1v) is 11.1. The number of ether oxygens (including phenoxy) is 1. The number of hydrogen-bond donors (Lipinski definition) is 5. The topological polar surface area (TPSA) is 185 Å². The molecule has 0 aliphatic carbocycles. The van der Waals surface area contributed by atoms with Gasteiger partial charge in [0.15, 0.2) is 16.9 Å². The zero-order valence-electron chi connectivity index (χ0n) is 16.4. The van der Waals surface area contributed by atoms with Crippen LogP contribution in [0.3, 0.4) is 0 Å². The van der Waals surface area contributed by atoms with E-state index in [1.54, 1.807) is 0 Å². The highest BCUT2D eigenvalue weighted by Gasteiger charge is 2.38. The molecule has 1 aromatic heterocycles. The first kappa shape index (κ1) is 22.8. The molecule has 0 unspecified atom stereocenters. The number of anilines is 1. The minimum absolute atomic E-state index is 0.103. The maximum Gasteiger partial charge on any atom is 0.352 e. The molecule has 0 saturated carbocycles. The molecule has 1 amide bonds. The van der Waals surface area contributed by atoms with E-state index < -0.39 is 29.3 Å². The predicted molar refractivity (Wildman–Crippen MR) is 113 cm³/mol. The summed E-state index contributed by atoms with van der Waals surface area (Å²) in [6.07, 6.45) is 1.21. The van der Waals surface area contributed by atoms with Crippen LogP contribution in [0.4, 0.5) is 5.13 Å². The number of rotatable bonds is 8. The molecular formula is C17H21N5O7S2. The average Bonchev–Trinajstić information content (AvgIpc) is 3.41.